The Balaban J connectivity index is 1.38. The Hall–Kier alpha value is -2.56. The first-order chi connectivity index (χ1) is 17.9. The van der Waals surface area contributed by atoms with Crippen molar-refractivity contribution < 1.29 is 22.3 Å². The van der Waals surface area contributed by atoms with Gasteiger partial charge in [0.1, 0.15) is 18.2 Å². The lowest BCUT2D eigenvalue weighted by atomic mass is 9.77. The lowest BCUT2D eigenvalue weighted by Crippen LogP contribution is -2.15. The summed E-state index contributed by atoms with van der Waals surface area (Å²) >= 11 is 0. The van der Waals surface area contributed by atoms with E-state index in [-0.39, 0.29) is 29.6 Å². The van der Waals surface area contributed by atoms with Gasteiger partial charge in [0.2, 0.25) is 0 Å². The summed E-state index contributed by atoms with van der Waals surface area (Å²) in [4.78, 5) is 0. The van der Waals surface area contributed by atoms with Crippen molar-refractivity contribution in [3.63, 3.8) is 0 Å². The molecule has 0 aromatic heterocycles. The van der Waals surface area contributed by atoms with Gasteiger partial charge in [0.25, 0.3) is 0 Å². The third-order valence-electron chi connectivity index (χ3n) is 8.06. The monoisotopic (exact) mass is 514 g/mol. The van der Waals surface area contributed by atoms with Gasteiger partial charge in [0.15, 0.2) is 17.5 Å². The van der Waals surface area contributed by atoms with Crippen LogP contribution in [0.15, 0.2) is 59.7 Å². The normalized spacial score (nSPS) is 22.2. The molecule has 200 valence electrons. The number of unbranched alkanes of at least 4 members (excludes halogenated alkanes) is 1. The van der Waals surface area contributed by atoms with Crippen molar-refractivity contribution >= 4 is 0 Å². The minimum Gasteiger partial charge on any atom is -0.489 e. The van der Waals surface area contributed by atoms with E-state index >= 15 is 8.78 Å². The van der Waals surface area contributed by atoms with Crippen LogP contribution in [0.4, 0.5) is 17.6 Å². The second-order valence-corrected chi connectivity index (χ2v) is 10.6. The zero-order valence-electron chi connectivity index (χ0n) is 22.0. The van der Waals surface area contributed by atoms with Gasteiger partial charge >= 0.3 is 0 Å². The predicted molar refractivity (Wildman–Crippen MR) is 142 cm³/mol. The largest absolute Gasteiger partial charge is 0.489 e. The fourth-order valence-corrected chi connectivity index (χ4v) is 5.79. The molecule has 1 atom stereocenters. The van der Waals surface area contributed by atoms with E-state index in [2.05, 4.69) is 6.92 Å². The maximum atomic E-state index is 15.1. The van der Waals surface area contributed by atoms with Crippen molar-refractivity contribution in [2.75, 3.05) is 6.61 Å². The number of benzene rings is 2. The van der Waals surface area contributed by atoms with E-state index in [1.165, 1.54) is 12.8 Å². The Morgan fingerprint density at radius 2 is 1.54 bits per heavy atom. The molecule has 37 heavy (non-hydrogen) atoms. The standard InChI is InChI=1S/C32H38F4O/c1-3-5-7-24-12-13-25(30(34)29(24)33)20-37-26-16-14-23(15-17-26)28-19-18-27(31(35)32(28)36)22-10-8-21(6-4-2)9-11-22/h13-19,21-22,24H,3-12,20H2,1-2H3. The fourth-order valence-electron chi connectivity index (χ4n) is 5.79. The molecule has 5 heteroatoms. The van der Waals surface area contributed by atoms with Gasteiger partial charge in [-0.3, -0.25) is 0 Å². The lowest BCUT2D eigenvalue weighted by Gasteiger charge is -2.29. The Kier molecular flexibility index (Phi) is 9.50. The van der Waals surface area contributed by atoms with Crippen molar-refractivity contribution in [3.05, 3.63) is 76.9 Å². The van der Waals surface area contributed by atoms with Crippen LogP contribution in [0.3, 0.4) is 0 Å². The molecule has 4 rings (SSSR count). The van der Waals surface area contributed by atoms with Crippen LogP contribution >= 0.6 is 0 Å². The Morgan fingerprint density at radius 3 is 2.22 bits per heavy atom. The quantitative estimate of drug-likeness (QED) is 0.287. The third-order valence-corrected chi connectivity index (χ3v) is 8.06. The molecule has 1 nitrogen and oxygen atoms in total. The Bertz CT molecular complexity index is 1110. The molecular formula is C32H38F4O. The van der Waals surface area contributed by atoms with Gasteiger partial charge in [0.05, 0.1) is 0 Å². The zero-order chi connectivity index (χ0) is 26.4. The number of allylic oxidation sites excluding steroid dienone is 2. The van der Waals surface area contributed by atoms with Crippen LogP contribution in [0, 0.1) is 23.5 Å². The summed E-state index contributed by atoms with van der Waals surface area (Å²) in [6, 6.07) is 9.99. The SMILES string of the molecule is CCCCC1CC=C(COc2ccc(-c3ccc(C4CCC(CCC)CC4)c(F)c3F)cc2)C(F)=C1F. The van der Waals surface area contributed by atoms with Crippen LogP contribution in [0.25, 0.3) is 11.1 Å². The number of ether oxygens (including phenoxy) is 1. The molecule has 0 N–H and O–H groups in total. The molecule has 1 saturated carbocycles. The highest BCUT2D eigenvalue weighted by Crippen LogP contribution is 2.40. The van der Waals surface area contributed by atoms with Crippen molar-refractivity contribution in [2.24, 2.45) is 11.8 Å². The van der Waals surface area contributed by atoms with Crippen molar-refractivity contribution in [1.29, 1.82) is 0 Å². The molecule has 2 aliphatic carbocycles. The van der Waals surface area contributed by atoms with Gasteiger partial charge in [0, 0.05) is 17.1 Å². The third kappa shape index (κ3) is 6.48. The summed E-state index contributed by atoms with van der Waals surface area (Å²) in [5, 5.41) is 0. The first-order valence-electron chi connectivity index (χ1n) is 13.9. The van der Waals surface area contributed by atoms with Crippen molar-refractivity contribution in [3.8, 4) is 16.9 Å². The number of rotatable bonds is 10. The van der Waals surface area contributed by atoms with E-state index in [1.807, 2.05) is 6.92 Å². The van der Waals surface area contributed by atoms with E-state index in [4.69, 9.17) is 4.74 Å². The van der Waals surface area contributed by atoms with E-state index in [1.54, 1.807) is 42.5 Å². The van der Waals surface area contributed by atoms with Crippen LogP contribution in [0.2, 0.25) is 0 Å². The Labute approximate surface area is 218 Å². The molecule has 2 aromatic carbocycles. The van der Waals surface area contributed by atoms with Gasteiger partial charge < -0.3 is 4.74 Å². The summed E-state index contributed by atoms with van der Waals surface area (Å²) in [5.74, 6) is -2.23. The second kappa shape index (κ2) is 12.8. The minimum atomic E-state index is -0.825. The van der Waals surface area contributed by atoms with Gasteiger partial charge in [-0.15, -0.1) is 0 Å². The van der Waals surface area contributed by atoms with Crippen LogP contribution in [0.5, 0.6) is 5.75 Å². The number of halogens is 4. The van der Waals surface area contributed by atoms with E-state index in [0.717, 1.165) is 38.5 Å². The number of hydrogen-bond donors (Lipinski definition) is 0. The molecule has 1 unspecified atom stereocenters. The van der Waals surface area contributed by atoms with Crippen molar-refractivity contribution in [1.82, 2.24) is 0 Å². The zero-order valence-corrected chi connectivity index (χ0v) is 22.0. The lowest BCUT2D eigenvalue weighted by molar-refractivity contribution is 0.303. The molecule has 2 aliphatic rings. The minimum absolute atomic E-state index is 0.0720. The smallest absolute Gasteiger partial charge is 0.166 e. The molecule has 0 saturated heterocycles. The van der Waals surface area contributed by atoms with Gasteiger partial charge in [-0.25, -0.2) is 17.6 Å². The first-order valence-corrected chi connectivity index (χ1v) is 13.9. The first kappa shape index (κ1) is 27.5. The second-order valence-electron chi connectivity index (χ2n) is 10.6. The average Bonchev–Trinajstić information content (AvgIpc) is 2.92. The van der Waals surface area contributed by atoms with Gasteiger partial charge in [-0.1, -0.05) is 69.9 Å². The molecule has 0 bridgehead atoms. The predicted octanol–water partition coefficient (Wildman–Crippen LogP) is 10.4. The molecule has 2 aromatic rings. The highest BCUT2D eigenvalue weighted by Gasteiger charge is 2.27. The molecule has 0 amide bonds. The van der Waals surface area contributed by atoms with Crippen LogP contribution in [0.1, 0.15) is 89.5 Å². The van der Waals surface area contributed by atoms with Crippen LogP contribution in [-0.2, 0) is 0 Å². The summed E-state index contributed by atoms with van der Waals surface area (Å²) in [6.07, 6.45) is 11.0. The molecule has 0 aliphatic heterocycles. The average molecular weight is 515 g/mol. The van der Waals surface area contributed by atoms with Gasteiger partial charge in [-0.2, -0.15) is 0 Å². The summed E-state index contributed by atoms with van der Waals surface area (Å²) < 4.78 is 64.7. The van der Waals surface area contributed by atoms with Gasteiger partial charge in [-0.05, 0) is 73.6 Å². The molecule has 0 radical (unpaired) electrons. The highest BCUT2D eigenvalue weighted by atomic mass is 19.2. The molecule has 1 fully saturated rings. The molecular weight excluding hydrogens is 476 g/mol. The molecule has 0 spiro atoms. The summed E-state index contributed by atoms with van der Waals surface area (Å²) in [6.45, 7) is 4.13. The van der Waals surface area contributed by atoms with E-state index in [0.29, 0.717) is 35.6 Å². The highest BCUT2D eigenvalue weighted by molar-refractivity contribution is 5.65. The summed E-state index contributed by atoms with van der Waals surface area (Å²) in [5.41, 5.74) is 1.43. The maximum absolute atomic E-state index is 15.1. The maximum Gasteiger partial charge on any atom is 0.166 e. The summed E-state index contributed by atoms with van der Waals surface area (Å²) in [7, 11) is 0. The van der Waals surface area contributed by atoms with Crippen LogP contribution in [-0.4, -0.2) is 6.61 Å². The van der Waals surface area contributed by atoms with E-state index < -0.39 is 23.3 Å². The van der Waals surface area contributed by atoms with Crippen LogP contribution < -0.4 is 4.74 Å². The fraction of sp³-hybridized carbons (Fsp3) is 0.500. The van der Waals surface area contributed by atoms with Crippen molar-refractivity contribution in [2.45, 2.75) is 84.0 Å². The van der Waals surface area contributed by atoms with E-state index in [9.17, 15) is 8.78 Å². The molecule has 0 heterocycles. The topological polar surface area (TPSA) is 9.23 Å². The Morgan fingerprint density at radius 1 is 0.811 bits per heavy atom. The number of hydrogen-bond acceptors (Lipinski definition) is 1.